The quantitative estimate of drug-likeness (QED) is 0.279. The fourth-order valence-corrected chi connectivity index (χ4v) is 2.54. The van der Waals surface area contributed by atoms with Crippen molar-refractivity contribution in [2.24, 2.45) is 5.73 Å². The van der Waals surface area contributed by atoms with Gasteiger partial charge in [-0.3, -0.25) is 24.6 Å². The maximum Gasteiger partial charge on any atom is 0.408 e. The van der Waals surface area contributed by atoms with Crippen LogP contribution in [0.5, 0.6) is 0 Å². The maximum atomic E-state index is 13.0. The van der Waals surface area contributed by atoms with E-state index in [-0.39, 0.29) is 48.2 Å². The van der Waals surface area contributed by atoms with Crippen LogP contribution in [0, 0.1) is 10.1 Å². The number of rotatable bonds is 8. The standard InChI is InChI=1S/C19H20N4O6.ClH/c1-2-29-19(26)21-12-22(17(24)11-20)16-9-8-14(23(27)28)10-15(16)18(25)13-6-4-3-5-7-13;/h3-10H,2,11-12,20H2,1H3,(H,21,26);1H. The van der Waals surface area contributed by atoms with E-state index in [0.29, 0.717) is 0 Å². The van der Waals surface area contributed by atoms with Crippen LogP contribution in [0.1, 0.15) is 22.8 Å². The fourth-order valence-electron chi connectivity index (χ4n) is 2.54. The van der Waals surface area contributed by atoms with E-state index in [9.17, 15) is 24.5 Å². The molecule has 2 rings (SSSR count). The summed E-state index contributed by atoms with van der Waals surface area (Å²) in [5.41, 5.74) is 5.44. The number of ketones is 1. The van der Waals surface area contributed by atoms with Crippen molar-refractivity contribution in [2.75, 3.05) is 24.7 Å². The molecule has 0 fully saturated rings. The van der Waals surface area contributed by atoms with Crippen LogP contribution in [-0.4, -0.2) is 42.5 Å². The summed E-state index contributed by atoms with van der Waals surface area (Å²) < 4.78 is 4.76. The Balaban J connectivity index is 0.00000450. The number of non-ortho nitro benzene ring substituents is 1. The van der Waals surface area contributed by atoms with Gasteiger partial charge >= 0.3 is 6.09 Å². The van der Waals surface area contributed by atoms with Gasteiger partial charge in [0.1, 0.15) is 6.67 Å². The molecule has 0 aromatic heterocycles. The molecule has 0 aliphatic heterocycles. The van der Waals surface area contributed by atoms with E-state index in [0.717, 1.165) is 17.0 Å². The first-order valence-electron chi connectivity index (χ1n) is 8.68. The molecule has 30 heavy (non-hydrogen) atoms. The summed E-state index contributed by atoms with van der Waals surface area (Å²) in [6.45, 7) is 1.02. The molecule has 2 aromatic rings. The molecule has 0 spiro atoms. The fraction of sp³-hybridized carbons (Fsp3) is 0.211. The van der Waals surface area contributed by atoms with Gasteiger partial charge in [-0.1, -0.05) is 30.3 Å². The number of halogens is 1. The van der Waals surface area contributed by atoms with Crippen molar-refractivity contribution in [3.8, 4) is 0 Å². The summed E-state index contributed by atoms with van der Waals surface area (Å²) in [6.07, 6.45) is -0.764. The highest BCUT2D eigenvalue weighted by Gasteiger charge is 2.25. The summed E-state index contributed by atoms with van der Waals surface area (Å²) in [6, 6.07) is 11.6. The molecular formula is C19H21ClN4O6. The van der Waals surface area contributed by atoms with Gasteiger partial charge in [0.05, 0.1) is 29.3 Å². The summed E-state index contributed by atoms with van der Waals surface area (Å²) in [4.78, 5) is 48.6. The molecule has 0 aliphatic carbocycles. The molecule has 0 saturated heterocycles. The minimum Gasteiger partial charge on any atom is -0.450 e. The molecular weight excluding hydrogens is 416 g/mol. The molecule has 10 nitrogen and oxygen atoms in total. The predicted molar refractivity (Wildman–Crippen MR) is 112 cm³/mol. The largest absolute Gasteiger partial charge is 0.450 e. The van der Waals surface area contributed by atoms with Crippen LogP contribution < -0.4 is 16.0 Å². The first-order chi connectivity index (χ1) is 13.9. The van der Waals surface area contributed by atoms with Crippen LogP contribution in [-0.2, 0) is 9.53 Å². The van der Waals surface area contributed by atoms with E-state index in [1.807, 2.05) is 0 Å². The maximum absolute atomic E-state index is 13.0. The van der Waals surface area contributed by atoms with Crippen molar-refractivity contribution in [1.82, 2.24) is 5.32 Å². The van der Waals surface area contributed by atoms with E-state index in [1.54, 1.807) is 37.3 Å². The molecule has 0 radical (unpaired) electrons. The topological polar surface area (TPSA) is 145 Å². The number of nitro groups is 1. The number of hydrogen-bond donors (Lipinski definition) is 2. The van der Waals surface area contributed by atoms with E-state index < -0.39 is 29.3 Å². The second-order valence-electron chi connectivity index (χ2n) is 5.73. The average molecular weight is 437 g/mol. The van der Waals surface area contributed by atoms with Gasteiger partial charge in [-0.2, -0.15) is 0 Å². The molecule has 160 valence electrons. The number of nitrogens with one attached hydrogen (secondary N) is 1. The van der Waals surface area contributed by atoms with Crippen molar-refractivity contribution >= 4 is 41.6 Å². The number of amides is 2. The number of carbonyl (C=O) groups excluding carboxylic acids is 3. The van der Waals surface area contributed by atoms with E-state index >= 15 is 0 Å². The van der Waals surface area contributed by atoms with Crippen LogP contribution in [0.3, 0.4) is 0 Å². The molecule has 0 heterocycles. The zero-order valence-electron chi connectivity index (χ0n) is 16.1. The molecule has 2 aromatic carbocycles. The van der Waals surface area contributed by atoms with Crippen molar-refractivity contribution in [2.45, 2.75) is 6.92 Å². The zero-order chi connectivity index (χ0) is 21.4. The summed E-state index contributed by atoms with van der Waals surface area (Å²) in [5, 5.41) is 13.6. The van der Waals surface area contributed by atoms with Crippen LogP contribution in [0.15, 0.2) is 48.5 Å². The number of nitrogens with two attached hydrogens (primary N) is 1. The number of ether oxygens (including phenoxy) is 1. The van der Waals surface area contributed by atoms with Crippen LogP contribution >= 0.6 is 12.4 Å². The number of alkyl carbamates (subject to hydrolysis) is 1. The van der Waals surface area contributed by atoms with Gasteiger partial charge in [-0.25, -0.2) is 4.79 Å². The molecule has 0 atom stereocenters. The zero-order valence-corrected chi connectivity index (χ0v) is 16.9. The van der Waals surface area contributed by atoms with Gasteiger partial charge in [0, 0.05) is 17.7 Å². The number of anilines is 1. The Kier molecular flexibility index (Phi) is 9.40. The number of nitro benzene ring substituents is 1. The van der Waals surface area contributed by atoms with E-state index in [2.05, 4.69) is 5.32 Å². The van der Waals surface area contributed by atoms with Crippen LogP contribution in [0.2, 0.25) is 0 Å². The van der Waals surface area contributed by atoms with Crippen LogP contribution in [0.4, 0.5) is 16.2 Å². The lowest BCUT2D eigenvalue weighted by molar-refractivity contribution is -0.384. The molecule has 0 saturated carbocycles. The van der Waals surface area contributed by atoms with Gasteiger partial charge in [0.15, 0.2) is 5.78 Å². The van der Waals surface area contributed by atoms with Gasteiger partial charge < -0.3 is 15.8 Å². The highest BCUT2D eigenvalue weighted by molar-refractivity contribution is 6.14. The van der Waals surface area contributed by atoms with Crippen molar-refractivity contribution in [3.05, 3.63) is 69.8 Å². The minimum atomic E-state index is -0.764. The molecule has 0 bridgehead atoms. The highest BCUT2D eigenvalue weighted by atomic mass is 35.5. The monoisotopic (exact) mass is 436 g/mol. The number of nitrogens with zero attached hydrogens (tertiary/aromatic N) is 2. The number of carbonyl (C=O) groups is 3. The summed E-state index contributed by atoms with van der Waals surface area (Å²) in [5.74, 6) is -1.12. The van der Waals surface area contributed by atoms with Crippen molar-refractivity contribution < 1.29 is 24.0 Å². The Bertz CT molecular complexity index is 922. The first kappa shape index (κ1) is 24.5. The Morgan fingerprint density at radius 2 is 1.83 bits per heavy atom. The molecule has 2 amide bonds. The summed E-state index contributed by atoms with van der Waals surface area (Å²) >= 11 is 0. The molecule has 11 heteroatoms. The van der Waals surface area contributed by atoms with Gasteiger partial charge in [0.25, 0.3) is 5.69 Å². The van der Waals surface area contributed by atoms with Gasteiger partial charge in [0.2, 0.25) is 5.91 Å². The molecule has 3 N–H and O–H groups in total. The normalized spacial score (nSPS) is 9.80. The predicted octanol–water partition coefficient (Wildman–Crippen LogP) is 2.24. The second-order valence-corrected chi connectivity index (χ2v) is 5.73. The Labute approximate surface area is 178 Å². The number of hydrogen-bond acceptors (Lipinski definition) is 7. The second kappa shape index (κ2) is 11.5. The molecule has 0 unspecified atom stereocenters. The van der Waals surface area contributed by atoms with E-state index in [4.69, 9.17) is 10.5 Å². The smallest absolute Gasteiger partial charge is 0.408 e. The SMILES string of the molecule is CCOC(=O)NCN(C(=O)CN)c1ccc([N+](=O)[O-])cc1C(=O)c1ccccc1.Cl. The third kappa shape index (κ3) is 6.00. The lowest BCUT2D eigenvalue weighted by Gasteiger charge is -2.24. The Morgan fingerprint density at radius 1 is 1.17 bits per heavy atom. The third-order valence-electron chi connectivity index (χ3n) is 3.89. The van der Waals surface area contributed by atoms with Crippen molar-refractivity contribution in [1.29, 1.82) is 0 Å². The average Bonchev–Trinajstić information content (AvgIpc) is 2.73. The van der Waals surface area contributed by atoms with Crippen molar-refractivity contribution in [3.63, 3.8) is 0 Å². The summed E-state index contributed by atoms with van der Waals surface area (Å²) in [7, 11) is 0. The first-order valence-corrected chi connectivity index (χ1v) is 8.68. The van der Waals surface area contributed by atoms with E-state index in [1.165, 1.54) is 6.07 Å². The Hall–Kier alpha value is -3.50. The minimum absolute atomic E-state index is 0. The lowest BCUT2D eigenvalue weighted by atomic mass is 10.00. The van der Waals surface area contributed by atoms with Crippen LogP contribution in [0.25, 0.3) is 0 Å². The highest BCUT2D eigenvalue weighted by Crippen LogP contribution is 2.28. The molecule has 0 aliphatic rings. The number of benzene rings is 2. The lowest BCUT2D eigenvalue weighted by Crippen LogP contribution is -2.45. The van der Waals surface area contributed by atoms with Gasteiger partial charge in [-0.05, 0) is 13.0 Å². The Morgan fingerprint density at radius 3 is 2.40 bits per heavy atom. The van der Waals surface area contributed by atoms with Gasteiger partial charge in [-0.15, -0.1) is 12.4 Å². The third-order valence-corrected chi connectivity index (χ3v) is 3.89.